The minimum absolute atomic E-state index is 0.203. The van der Waals surface area contributed by atoms with Gasteiger partial charge < -0.3 is 9.47 Å². The van der Waals surface area contributed by atoms with E-state index in [2.05, 4.69) is 0 Å². The van der Waals surface area contributed by atoms with Crippen LogP contribution in [0.25, 0.3) is 6.08 Å². The maximum absolute atomic E-state index is 12.7. The number of ether oxygens (including phenoxy) is 2. The fraction of sp³-hybridized carbons (Fsp3) is 0.500. The maximum atomic E-state index is 12.7. The van der Waals surface area contributed by atoms with Crippen molar-refractivity contribution in [2.45, 2.75) is 39.0 Å². The molecule has 0 atom stereocenters. The van der Waals surface area contributed by atoms with Gasteiger partial charge in [0.2, 0.25) is 0 Å². The molecule has 1 saturated heterocycles. The van der Waals surface area contributed by atoms with Gasteiger partial charge in [0, 0.05) is 12.6 Å². The van der Waals surface area contributed by atoms with Crippen LogP contribution in [0.1, 0.15) is 44.6 Å². The number of imide groups is 1. The number of carbonyl (C=O) groups is 2. The van der Waals surface area contributed by atoms with Crippen LogP contribution >= 0.6 is 23.4 Å². The molecule has 146 valence electrons. The Balaban J connectivity index is 1.80. The zero-order valence-electron chi connectivity index (χ0n) is 15.6. The summed E-state index contributed by atoms with van der Waals surface area (Å²) in [6.45, 7) is 2.89. The van der Waals surface area contributed by atoms with Crippen molar-refractivity contribution in [3.63, 3.8) is 0 Å². The monoisotopic (exact) mass is 409 g/mol. The molecule has 2 amide bonds. The van der Waals surface area contributed by atoms with E-state index in [-0.39, 0.29) is 11.1 Å². The summed E-state index contributed by atoms with van der Waals surface area (Å²) in [5.74, 6) is 1.27. The Morgan fingerprint density at radius 3 is 2.63 bits per heavy atom. The van der Waals surface area contributed by atoms with Gasteiger partial charge in [0.15, 0.2) is 11.5 Å². The van der Waals surface area contributed by atoms with E-state index in [4.69, 9.17) is 21.1 Å². The number of hydrogen-bond donors (Lipinski definition) is 0. The second-order valence-corrected chi connectivity index (χ2v) is 8.15. The lowest BCUT2D eigenvalue weighted by molar-refractivity contribution is -0.123. The number of hydrogen-bond acceptors (Lipinski definition) is 5. The summed E-state index contributed by atoms with van der Waals surface area (Å²) in [4.78, 5) is 26.9. The van der Waals surface area contributed by atoms with Gasteiger partial charge in [0.1, 0.15) is 0 Å². The van der Waals surface area contributed by atoms with E-state index >= 15 is 0 Å². The molecule has 0 bridgehead atoms. The van der Waals surface area contributed by atoms with E-state index in [1.807, 2.05) is 6.92 Å². The third-order valence-electron chi connectivity index (χ3n) is 4.91. The first-order valence-electron chi connectivity index (χ1n) is 9.29. The van der Waals surface area contributed by atoms with Gasteiger partial charge in [-0.25, -0.2) is 0 Å². The van der Waals surface area contributed by atoms with Gasteiger partial charge in [-0.1, -0.05) is 30.9 Å². The molecular weight excluding hydrogens is 386 g/mol. The summed E-state index contributed by atoms with van der Waals surface area (Å²) in [6.07, 6.45) is 7.44. The van der Waals surface area contributed by atoms with Crippen LogP contribution in [0.15, 0.2) is 17.0 Å². The molecule has 1 aliphatic heterocycles. The van der Waals surface area contributed by atoms with Crippen molar-refractivity contribution < 1.29 is 19.1 Å². The van der Waals surface area contributed by atoms with Gasteiger partial charge in [-0.15, -0.1) is 0 Å². The van der Waals surface area contributed by atoms with Gasteiger partial charge in [0.05, 0.1) is 23.6 Å². The molecule has 0 aromatic heterocycles. The maximum Gasteiger partial charge on any atom is 0.293 e. The van der Waals surface area contributed by atoms with E-state index in [1.54, 1.807) is 25.3 Å². The number of thioether (sulfide) groups is 1. The number of methoxy groups -OCH3 is 1. The average molecular weight is 410 g/mol. The zero-order valence-corrected chi connectivity index (χ0v) is 17.2. The average Bonchev–Trinajstić information content (AvgIpc) is 2.92. The van der Waals surface area contributed by atoms with Crippen LogP contribution in [-0.4, -0.2) is 36.3 Å². The van der Waals surface area contributed by atoms with Crippen LogP contribution in [0.3, 0.4) is 0 Å². The summed E-state index contributed by atoms with van der Waals surface area (Å²) >= 11 is 7.32. The van der Waals surface area contributed by atoms with Gasteiger partial charge in [-0.3, -0.25) is 14.5 Å². The molecule has 0 spiro atoms. The highest BCUT2D eigenvalue weighted by molar-refractivity contribution is 8.18. The predicted octanol–water partition coefficient (Wildman–Crippen LogP) is 5.36. The summed E-state index contributed by atoms with van der Waals surface area (Å²) in [5.41, 5.74) is 0.625. The van der Waals surface area contributed by atoms with Gasteiger partial charge >= 0.3 is 0 Å². The molecule has 2 fully saturated rings. The normalized spacial score (nSPS) is 19.8. The van der Waals surface area contributed by atoms with Crippen molar-refractivity contribution in [1.82, 2.24) is 4.90 Å². The number of carbonyl (C=O) groups excluding carboxylic acids is 2. The van der Waals surface area contributed by atoms with Gasteiger partial charge in [-0.05, 0) is 55.2 Å². The highest BCUT2D eigenvalue weighted by Crippen LogP contribution is 2.38. The summed E-state index contributed by atoms with van der Waals surface area (Å²) in [7, 11) is 1.55. The molecule has 1 aromatic carbocycles. The minimum Gasteiger partial charge on any atom is -0.493 e. The van der Waals surface area contributed by atoms with Crippen LogP contribution < -0.4 is 9.47 Å². The smallest absolute Gasteiger partial charge is 0.293 e. The number of nitrogens with zero attached hydrogens (tertiary/aromatic N) is 1. The molecule has 1 heterocycles. The van der Waals surface area contributed by atoms with Crippen molar-refractivity contribution >= 4 is 40.6 Å². The van der Waals surface area contributed by atoms with Crippen molar-refractivity contribution in [2.75, 3.05) is 20.3 Å². The predicted molar refractivity (Wildman–Crippen MR) is 108 cm³/mol. The molecule has 5 nitrogen and oxygen atoms in total. The van der Waals surface area contributed by atoms with E-state index in [9.17, 15) is 9.59 Å². The molecular formula is C20H24ClNO4S. The quantitative estimate of drug-likeness (QED) is 0.591. The molecule has 0 radical (unpaired) electrons. The van der Waals surface area contributed by atoms with Crippen LogP contribution in [0.5, 0.6) is 11.5 Å². The van der Waals surface area contributed by atoms with Crippen LogP contribution in [0, 0.1) is 5.92 Å². The lowest BCUT2D eigenvalue weighted by atomic mass is 9.89. The number of benzene rings is 1. The third kappa shape index (κ3) is 4.61. The van der Waals surface area contributed by atoms with Crippen LogP contribution in [0.4, 0.5) is 4.79 Å². The second-order valence-electron chi connectivity index (χ2n) is 6.75. The molecule has 0 N–H and O–H groups in total. The number of halogens is 1. The minimum atomic E-state index is -0.237. The Labute approximate surface area is 169 Å². The molecule has 2 aliphatic rings. The van der Waals surface area contributed by atoms with Crippen LogP contribution in [0.2, 0.25) is 5.02 Å². The molecule has 27 heavy (non-hydrogen) atoms. The fourth-order valence-corrected chi connectivity index (χ4v) is 4.56. The Kier molecular flexibility index (Phi) is 6.71. The molecule has 1 aromatic rings. The fourth-order valence-electron chi connectivity index (χ4n) is 3.52. The number of rotatable bonds is 6. The Morgan fingerprint density at radius 2 is 1.96 bits per heavy atom. The van der Waals surface area contributed by atoms with E-state index in [0.717, 1.165) is 24.6 Å². The zero-order chi connectivity index (χ0) is 19.4. The first-order valence-corrected chi connectivity index (χ1v) is 10.5. The lowest BCUT2D eigenvalue weighted by Crippen LogP contribution is -2.34. The summed E-state index contributed by atoms with van der Waals surface area (Å²) in [5, 5.41) is 0.240. The first kappa shape index (κ1) is 20.1. The highest BCUT2D eigenvalue weighted by atomic mass is 35.5. The third-order valence-corrected chi connectivity index (χ3v) is 6.14. The highest BCUT2D eigenvalue weighted by Gasteiger charge is 2.36. The molecule has 7 heteroatoms. The van der Waals surface area contributed by atoms with Gasteiger partial charge in [-0.2, -0.15) is 0 Å². The van der Waals surface area contributed by atoms with Crippen LogP contribution in [-0.2, 0) is 4.79 Å². The standard InChI is InChI=1S/C20H24ClNO4S/c1-3-26-17-11-15(21)14(9-16(17)25-2)10-18-19(23)22(20(24)27-18)12-13-7-5-4-6-8-13/h9-11,13H,3-8,12H2,1-2H3/b18-10+. The molecule has 3 rings (SSSR count). The van der Waals surface area contributed by atoms with Gasteiger partial charge in [0.25, 0.3) is 11.1 Å². The van der Waals surface area contributed by atoms with E-state index in [0.29, 0.717) is 46.1 Å². The molecule has 1 aliphatic carbocycles. The second kappa shape index (κ2) is 9.02. The largest absolute Gasteiger partial charge is 0.493 e. The van der Waals surface area contributed by atoms with E-state index in [1.165, 1.54) is 24.2 Å². The number of amides is 2. The SMILES string of the molecule is CCOc1cc(Cl)c(/C=C2/SC(=O)N(CC3CCCCC3)C2=O)cc1OC. The van der Waals surface area contributed by atoms with Crippen molar-refractivity contribution in [3.05, 3.63) is 27.6 Å². The topological polar surface area (TPSA) is 55.8 Å². The van der Waals surface area contributed by atoms with Crippen molar-refractivity contribution in [3.8, 4) is 11.5 Å². The Bertz CT molecular complexity index is 759. The lowest BCUT2D eigenvalue weighted by Gasteiger charge is -2.25. The Hall–Kier alpha value is -1.66. The van der Waals surface area contributed by atoms with E-state index < -0.39 is 0 Å². The van der Waals surface area contributed by atoms with Crippen molar-refractivity contribution in [1.29, 1.82) is 0 Å². The van der Waals surface area contributed by atoms with Crippen molar-refractivity contribution in [2.24, 2.45) is 5.92 Å². The summed E-state index contributed by atoms with van der Waals surface area (Å²) in [6, 6.07) is 3.39. The first-order chi connectivity index (χ1) is 13.0. The molecule has 1 saturated carbocycles. The summed E-state index contributed by atoms with van der Waals surface area (Å²) < 4.78 is 10.9. The molecule has 0 unspecified atom stereocenters. The Morgan fingerprint density at radius 1 is 1.22 bits per heavy atom.